The minimum atomic E-state index is 0.798. The summed E-state index contributed by atoms with van der Waals surface area (Å²) in [7, 11) is 3.82. The molecule has 1 aromatic carbocycles. The molecule has 1 saturated heterocycles. The van der Waals surface area contributed by atoms with Gasteiger partial charge < -0.3 is 14.2 Å². The van der Waals surface area contributed by atoms with Crippen LogP contribution in [-0.4, -0.2) is 62.6 Å². The van der Waals surface area contributed by atoms with E-state index in [0.717, 1.165) is 55.6 Å². The maximum absolute atomic E-state index is 5.42. The van der Waals surface area contributed by atoms with Gasteiger partial charge in [0.2, 0.25) is 0 Å². The molecule has 1 fully saturated rings. The van der Waals surface area contributed by atoms with Crippen LogP contribution < -0.4 is 9.64 Å². The van der Waals surface area contributed by atoms with Crippen LogP contribution >= 0.6 is 0 Å². The molecule has 8 nitrogen and oxygen atoms in total. The van der Waals surface area contributed by atoms with Crippen LogP contribution in [0.2, 0.25) is 0 Å². The van der Waals surface area contributed by atoms with Crippen molar-refractivity contribution in [1.29, 1.82) is 0 Å². The van der Waals surface area contributed by atoms with Gasteiger partial charge in [0.05, 0.1) is 19.0 Å². The Balaban J connectivity index is 1.30. The first-order chi connectivity index (χ1) is 14.1. The fraction of sp³-hybridized carbons (Fsp3) is 0.381. The molecular formula is C21H25N7O. The Labute approximate surface area is 169 Å². The van der Waals surface area contributed by atoms with Crippen molar-refractivity contribution in [3.63, 3.8) is 0 Å². The number of benzene rings is 1. The molecule has 29 heavy (non-hydrogen) atoms. The highest BCUT2D eigenvalue weighted by atomic mass is 16.5. The van der Waals surface area contributed by atoms with Crippen LogP contribution in [-0.2, 0) is 13.6 Å². The van der Waals surface area contributed by atoms with E-state index >= 15 is 0 Å². The lowest BCUT2D eigenvalue weighted by Crippen LogP contribution is -2.46. The van der Waals surface area contributed by atoms with Crippen molar-refractivity contribution >= 4 is 22.2 Å². The minimum Gasteiger partial charge on any atom is -0.497 e. The van der Waals surface area contributed by atoms with E-state index in [9.17, 15) is 0 Å². The topological polar surface area (TPSA) is 63.7 Å². The van der Waals surface area contributed by atoms with Gasteiger partial charge in [-0.15, -0.1) is 10.2 Å². The zero-order chi connectivity index (χ0) is 20.0. The van der Waals surface area contributed by atoms with Crippen molar-refractivity contribution in [2.24, 2.45) is 7.05 Å². The standard InChI is InChI=1S/C21H25N7O/c1-15-23-24-21-10-17(12-22-28(15)21)27-8-6-26(7-9-27)14-16-13-25(2)20-5-4-18(29-3)11-19(16)20/h4-5,10-13H,6-9,14H2,1-3H3. The highest BCUT2D eigenvalue weighted by molar-refractivity contribution is 5.85. The molecule has 8 heteroatoms. The highest BCUT2D eigenvalue weighted by Crippen LogP contribution is 2.27. The molecule has 0 amide bonds. The highest BCUT2D eigenvalue weighted by Gasteiger charge is 2.20. The fourth-order valence-corrected chi connectivity index (χ4v) is 4.18. The number of piperazine rings is 1. The number of aromatic nitrogens is 5. The van der Waals surface area contributed by atoms with Crippen LogP contribution in [0, 0.1) is 6.92 Å². The van der Waals surface area contributed by atoms with Crippen LogP contribution in [0.25, 0.3) is 16.6 Å². The quantitative estimate of drug-likeness (QED) is 0.532. The first kappa shape index (κ1) is 17.9. The summed E-state index contributed by atoms with van der Waals surface area (Å²) >= 11 is 0. The van der Waals surface area contributed by atoms with Gasteiger partial charge in [0.25, 0.3) is 0 Å². The van der Waals surface area contributed by atoms with Gasteiger partial charge in [-0.25, -0.2) is 0 Å². The van der Waals surface area contributed by atoms with E-state index < -0.39 is 0 Å². The van der Waals surface area contributed by atoms with E-state index in [1.807, 2.05) is 19.2 Å². The number of rotatable bonds is 4. The minimum absolute atomic E-state index is 0.798. The van der Waals surface area contributed by atoms with Crippen molar-refractivity contribution in [3.8, 4) is 5.75 Å². The van der Waals surface area contributed by atoms with E-state index in [4.69, 9.17) is 4.74 Å². The number of methoxy groups -OCH3 is 1. The molecule has 0 aliphatic carbocycles. The van der Waals surface area contributed by atoms with Gasteiger partial charge in [-0.05, 0) is 30.7 Å². The summed E-state index contributed by atoms with van der Waals surface area (Å²) < 4.78 is 9.39. The van der Waals surface area contributed by atoms with Gasteiger partial charge in [-0.2, -0.15) is 9.61 Å². The van der Waals surface area contributed by atoms with E-state index in [0.29, 0.717) is 0 Å². The molecule has 150 valence electrons. The van der Waals surface area contributed by atoms with Crippen LogP contribution in [0.4, 0.5) is 5.69 Å². The molecule has 0 radical (unpaired) electrons. The monoisotopic (exact) mass is 391 g/mol. The predicted molar refractivity (Wildman–Crippen MR) is 112 cm³/mol. The molecule has 0 saturated carbocycles. The smallest absolute Gasteiger partial charge is 0.179 e. The Morgan fingerprint density at radius 2 is 1.90 bits per heavy atom. The molecule has 0 atom stereocenters. The number of anilines is 1. The second-order valence-corrected chi connectivity index (χ2v) is 7.64. The Morgan fingerprint density at radius 3 is 2.69 bits per heavy atom. The van der Waals surface area contributed by atoms with Crippen LogP contribution in [0.1, 0.15) is 11.4 Å². The first-order valence-electron chi connectivity index (χ1n) is 9.90. The second-order valence-electron chi connectivity index (χ2n) is 7.64. The zero-order valence-electron chi connectivity index (χ0n) is 17.0. The molecule has 4 aromatic rings. The summed E-state index contributed by atoms with van der Waals surface area (Å²) in [4.78, 5) is 4.89. The molecule has 1 aliphatic rings. The molecule has 0 spiro atoms. The fourth-order valence-electron chi connectivity index (χ4n) is 4.18. The molecule has 0 N–H and O–H groups in total. The maximum atomic E-state index is 5.42. The number of nitrogens with zero attached hydrogens (tertiary/aromatic N) is 7. The van der Waals surface area contributed by atoms with E-state index in [1.165, 1.54) is 16.5 Å². The second kappa shape index (κ2) is 7.04. The molecule has 0 bridgehead atoms. The largest absolute Gasteiger partial charge is 0.497 e. The third-order valence-corrected chi connectivity index (χ3v) is 5.81. The van der Waals surface area contributed by atoms with Crippen molar-refractivity contribution in [2.45, 2.75) is 13.5 Å². The normalized spacial score (nSPS) is 15.5. The summed E-state index contributed by atoms with van der Waals surface area (Å²) in [5.41, 5.74) is 4.49. The summed E-state index contributed by atoms with van der Waals surface area (Å²) in [5, 5.41) is 14.0. The molecule has 1 aliphatic heterocycles. The molecular weight excluding hydrogens is 366 g/mol. The average molecular weight is 391 g/mol. The van der Waals surface area contributed by atoms with E-state index in [1.54, 1.807) is 11.6 Å². The number of aryl methyl sites for hydroxylation is 2. The third-order valence-electron chi connectivity index (χ3n) is 5.81. The summed E-state index contributed by atoms with van der Waals surface area (Å²) in [5.74, 6) is 1.71. The molecule has 5 rings (SSSR count). The predicted octanol–water partition coefficient (Wildman–Crippen LogP) is 2.26. The lowest BCUT2D eigenvalue weighted by atomic mass is 10.1. The molecule has 0 unspecified atom stereocenters. The van der Waals surface area contributed by atoms with Gasteiger partial charge in [-0.3, -0.25) is 4.90 Å². The van der Waals surface area contributed by atoms with Gasteiger partial charge in [0, 0.05) is 62.9 Å². The number of ether oxygens (including phenoxy) is 1. The summed E-state index contributed by atoms with van der Waals surface area (Å²) in [6, 6.07) is 8.36. The summed E-state index contributed by atoms with van der Waals surface area (Å²) in [6.07, 6.45) is 4.15. The molecule has 4 heterocycles. The zero-order valence-corrected chi connectivity index (χ0v) is 17.0. The SMILES string of the molecule is COc1ccc2c(c1)c(CN1CCN(c3cnn4c(C)nnc4c3)CC1)cn2C. The number of fused-ring (bicyclic) bond motifs is 2. The van der Waals surface area contributed by atoms with Gasteiger partial charge in [-0.1, -0.05) is 0 Å². The Bertz CT molecular complexity index is 1170. The third kappa shape index (κ3) is 3.19. The Kier molecular flexibility index (Phi) is 4.35. The lowest BCUT2D eigenvalue weighted by Gasteiger charge is -2.35. The maximum Gasteiger partial charge on any atom is 0.179 e. The van der Waals surface area contributed by atoms with Crippen LogP contribution in [0.15, 0.2) is 36.7 Å². The van der Waals surface area contributed by atoms with Crippen LogP contribution in [0.5, 0.6) is 5.75 Å². The number of hydrogen-bond acceptors (Lipinski definition) is 6. The van der Waals surface area contributed by atoms with Gasteiger partial charge >= 0.3 is 0 Å². The van der Waals surface area contributed by atoms with Crippen molar-refractivity contribution in [1.82, 2.24) is 29.3 Å². The Hall–Kier alpha value is -3.13. The average Bonchev–Trinajstić information content (AvgIpc) is 3.27. The van der Waals surface area contributed by atoms with E-state index in [-0.39, 0.29) is 0 Å². The molecule has 3 aromatic heterocycles. The van der Waals surface area contributed by atoms with E-state index in [2.05, 4.69) is 61.1 Å². The van der Waals surface area contributed by atoms with Gasteiger partial charge in [0.15, 0.2) is 11.5 Å². The van der Waals surface area contributed by atoms with Gasteiger partial charge in [0.1, 0.15) is 5.75 Å². The Morgan fingerprint density at radius 1 is 1.07 bits per heavy atom. The summed E-state index contributed by atoms with van der Waals surface area (Å²) in [6.45, 7) is 6.82. The van der Waals surface area contributed by atoms with Crippen molar-refractivity contribution in [3.05, 3.63) is 48.0 Å². The first-order valence-corrected chi connectivity index (χ1v) is 9.90. The van der Waals surface area contributed by atoms with Crippen LogP contribution in [0.3, 0.4) is 0 Å². The van der Waals surface area contributed by atoms with Crippen molar-refractivity contribution in [2.75, 3.05) is 38.2 Å². The lowest BCUT2D eigenvalue weighted by molar-refractivity contribution is 0.250. The van der Waals surface area contributed by atoms with Crippen molar-refractivity contribution < 1.29 is 4.74 Å². The number of hydrogen-bond donors (Lipinski definition) is 0.